The average molecular weight is 441 g/mol. The van der Waals surface area contributed by atoms with Gasteiger partial charge in [0.1, 0.15) is 29.9 Å². The van der Waals surface area contributed by atoms with Crippen LogP contribution in [0.1, 0.15) is 5.56 Å². The summed E-state index contributed by atoms with van der Waals surface area (Å²) in [4.78, 5) is 17.2. The van der Waals surface area contributed by atoms with Gasteiger partial charge in [0.15, 0.2) is 5.75 Å². The zero-order valence-corrected chi connectivity index (χ0v) is 17.9. The van der Waals surface area contributed by atoms with Crippen molar-refractivity contribution in [1.29, 1.82) is 0 Å². The van der Waals surface area contributed by atoms with Crippen molar-refractivity contribution in [1.82, 2.24) is 9.55 Å². The molecule has 0 unspecified atom stereocenters. The Morgan fingerprint density at radius 1 is 0.939 bits per heavy atom. The van der Waals surface area contributed by atoms with E-state index >= 15 is 0 Å². The first-order chi connectivity index (χ1) is 16.3. The van der Waals surface area contributed by atoms with Gasteiger partial charge in [-0.05, 0) is 54.1 Å². The van der Waals surface area contributed by atoms with Gasteiger partial charge >= 0.3 is 0 Å². The third kappa shape index (κ3) is 4.67. The number of carbonyl (C=O) groups is 1. The molecule has 0 radical (unpaired) electrons. The molecule has 4 aromatic rings. The molecule has 5 rings (SSSR count). The van der Waals surface area contributed by atoms with Crippen molar-refractivity contribution in [2.45, 2.75) is 12.7 Å². The molecule has 2 aromatic heterocycles. The van der Waals surface area contributed by atoms with Crippen LogP contribution in [-0.2, 0) is 11.4 Å². The van der Waals surface area contributed by atoms with Crippen molar-refractivity contribution in [2.24, 2.45) is 0 Å². The number of aromatic nitrogens is 2. The molecule has 0 aliphatic carbocycles. The zero-order valence-electron chi connectivity index (χ0n) is 17.9. The first-order valence-electron chi connectivity index (χ1n) is 10.7. The Kier molecular flexibility index (Phi) is 5.93. The van der Waals surface area contributed by atoms with E-state index in [4.69, 9.17) is 14.2 Å². The molecule has 1 aliphatic rings. The van der Waals surface area contributed by atoms with Crippen LogP contribution in [0.5, 0.6) is 17.2 Å². The molecule has 0 N–H and O–H groups in total. The Morgan fingerprint density at radius 3 is 2.48 bits per heavy atom. The van der Waals surface area contributed by atoms with Gasteiger partial charge in [0.05, 0.1) is 25.0 Å². The van der Waals surface area contributed by atoms with Gasteiger partial charge in [-0.25, -0.2) is 0 Å². The number of hydrogen-bond donors (Lipinski definition) is 0. The van der Waals surface area contributed by atoms with E-state index in [0.717, 1.165) is 41.5 Å². The highest BCUT2D eigenvalue weighted by molar-refractivity contribution is 5.72. The van der Waals surface area contributed by atoms with Gasteiger partial charge in [-0.3, -0.25) is 9.78 Å². The van der Waals surface area contributed by atoms with Crippen molar-refractivity contribution >= 4 is 12.2 Å². The fraction of sp³-hybridized carbons (Fsp3) is 0.154. The third-order valence-electron chi connectivity index (χ3n) is 5.47. The molecule has 7 nitrogen and oxygen atoms in total. The number of rotatable bonds is 9. The Morgan fingerprint density at radius 2 is 1.76 bits per heavy atom. The van der Waals surface area contributed by atoms with Gasteiger partial charge in [0, 0.05) is 18.6 Å². The monoisotopic (exact) mass is 441 g/mol. The lowest BCUT2D eigenvalue weighted by Crippen LogP contribution is -2.54. The number of ether oxygens (including phenoxy) is 3. The number of carbonyl (C=O) groups excluding carboxylic acids is 1. The SMILES string of the molecule is O=COc1cccc(N2CC(Oc3ccc(COc4cccnc4)cc3)C2)c1-n1cccc1. The Labute approximate surface area is 191 Å². The largest absolute Gasteiger partial charge is 0.487 e. The molecule has 1 saturated heterocycles. The molecule has 0 amide bonds. The second-order valence-corrected chi connectivity index (χ2v) is 7.69. The fourth-order valence-electron chi connectivity index (χ4n) is 3.82. The summed E-state index contributed by atoms with van der Waals surface area (Å²) in [6.07, 6.45) is 7.36. The van der Waals surface area contributed by atoms with E-state index in [2.05, 4.69) is 9.88 Å². The number of benzene rings is 2. The molecule has 1 aliphatic heterocycles. The molecule has 1 fully saturated rings. The summed E-state index contributed by atoms with van der Waals surface area (Å²) in [5.74, 6) is 2.09. The quantitative estimate of drug-likeness (QED) is 0.362. The molecule has 0 bridgehead atoms. The molecule has 3 heterocycles. The van der Waals surface area contributed by atoms with Crippen LogP contribution in [0.25, 0.3) is 5.69 Å². The molecule has 166 valence electrons. The fourth-order valence-corrected chi connectivity index (χ4v) is 3.82. The summed E-state index contributed by atoms with van der Waals surface area (Å²) in [7, 11) is 0. The van der Waals surface area contributed by atoms with E-state index in [0.29, 0.717) is 18.8 Å². The molecule has 33 heavy (non-hydrogen) atoms. The topological polar surface area (TPSA) is 65.8 Å². The van der Waals surface area contributed by atoms with E-state index in [1.165, 1.54) is 0 Å². The zero-order chi connectivity index (χ0) is 22.5. The lowest BCUT2D eigenvalue weighted by molar-refractivity contribution is -0.120. The summed E-state index contributed by atoms with van der Waals surface area (Å²) in [5, 5.41) is 0. The van der Waals surface area contributed by atoms with Crippen LogP contribution in [0.2, 0.25) is 0 Å². The summed E-state index contributed by atoms with van der Waals surface area (Å²) < 4.78 is 19.1. The summed E-state index contributed by atoms with van der Waals surface area (Å²) in [6.45, 7) is 2.42. The molecular weight excluding hydrogens is 418 g/mol. The second kappa shape index (κ2) is 9.48. The molecule has 0 spiro atoms. The maximum atomic E-state index is 11.0. The highest BCUT2D eigenvalue weighted by Gasteiger charge is 2.31. The van der Waals surface area contributed by atoms with E-state index in [9.17, 15) is 4.79 Å². The normalized spacial score (nSPS) is 13.3. The number of pyridine rings is 1. The number of hydrogen-bond acceptors (Lipinski definition) is 6. The van der Waals surface area contributed by atoms with Crippen LogP contribution in [0, 0.1) is 0 Å². The molecule has 2 aromatic carbocycles. The van der Waals surface area contributed by atoms with Crippen molar-refractivity contribution in [3.63, 3.8) is 0 Å². The van der Waals surface area contributed by atoms with Crippen LogP contribution in [0.3, 0.4) is 0 Å². The highest BCUT2D eigenvalue weighted by atomic mass is 16.5. The van der Waals surface area contributed by atoms with Crippen LogP contribution >= 0.6 is 0 Å². The van der Waals surface area contributed by atoms with Crippen molar-refractivity contribution in [2.75, 3.05) is 18.0 Å². The summed E-state index contributed by atoms with van der Waals surface area (Å²) in [5.41, 5.74) is 2.89. The van der Waals surface area contributed by atoms with Crippen LogP contribution < -0.4 is 19.1 Å². The maximum Gasteiger partial charge on any atom is 0.298 e. The van der Waals surface area contributed by atoms with Crippen molar-refractivity contribution < 1.29 is 19.0 Å². The van der Waals surface area contributed by atoms with Gasteiger partial charge in [0.2, 0.25) is 0 Å². The number of anilines is 1. The Balaban J connectivity index is 1.20. The molecule has 0 atom stereocenters. The first-order valence-corrected chi connectivity index (χ1v) is 10.7. The van der Waals surface area contributed by atoms with E-state index in [-0.39, 0.29) is 6.10 Å². The lowest BCUT2D eigenvalue weighted by Gasteiger charge is -2.41. The van der Waals surface area contributed by atoms with Crippen molar-refractivity contribution in [3.8, 4) is 22.9 Å². The van der Waals surface area contributed by atoms with Crippen LogP contribution in [0.15, 0.2) is 91.5 Å². The molecule has 7 heteroatoms. The lowest BCUT2D eigenvalue weighted by atomic mass is 10.1. The van der Waals surface area contributed by atoms with Gasteiger partial charge in [-0.1, -0.05) is 18.2 Å². The first kappa shape index (κ1) is 20.6. The highest BCUT2D eigenvalue weighted by Crippen LogP contribution is 2.36. The second-order valence-electron chi connectivity index (χ2n) is 7.69. The standard InChI is InChI=1S/C26H23N3O4/c30-19-32-25-7-3-6-24(26(25)28-13-1-2-14-28)29-16-23(17-29)33-21-10-8-20(9-11-21)18-31-22-5-4-12-27-15-22/h1-15,19,23H,16-18H2. The number of nitrogens with zero attached hydrogens (tertiary/aromatic N) is 3. The smallest absolute Gasteiger partial charge is 0.298 e. The number of para-hydroxylation sites is 1. The van der Waals surface area contributed by atoms with Crippen LogP contribution in [0.4, 0.5) is 5.69 Å². The Hall–Kier alpha value is -4.26. The minimum atomic E-state index is 0.0793. The van der Waals surface area contributed by atoms with E-state index in [1.807, 2.05) is 77.6 Å². The van der Waals surface area contributed by atoms with Gasteiger partial charge < -0.3 is 23.7 Å². The predicted octanol–water partition coefficient (Wildman–Crippen LogP) is 4.25. The molecule has 0 saturated carbocycles. The maximum absolute atomic E-state index is 11.0. The van der Waals surface area contributed by atoms with E-state index < -0.39 is 0 Å². The average Bonchev–Trinajstić information content (AvgIpc) is 3.36. The summed E-state index contributed by atoms with van der Waals surface area (Å²) >= 11 is 0. The van der Waals surface area contributed by atoms with Gasteiger partial charge in [-0.2, -0.15) is 0 Å². The van der Waals surface area contributed by atoms with E-state index in [1.54, 1.807) is 18.5 Å². The van der Waals surface area contributed by atoms with Gasteiger partial charge in [-0.15, -0.1) is 0 Å². The van der Waals surface area contributed by atoms with Gasteiger partial charge in [0.25, 0.3) is 6.47 Å². The minimum Gasteiger partial charge on any atom is -0.487 e. The summed E-state index contributed by atoms with van der Waals surface area (Å²) in [6, 6.07) is 21.3. The predicted molar refractivity (Wildman–Crippen MR) is 124 cm³/mol. The Bertz CT molecular complexity index is 1190. The molecular formula is C26H23N3O4. The van der Waals surface area contributed by atoms with Crippen molar-refractivity contribution in [3.05, 3.63) is 97.1 Å². The third-order valence-corrected chi connectivity index (χ3v) is 5.47. The minimum absolute atomic E-state index is 0.0793. The van der Waals surface area contributed by atoms with Crippen LogP contribution in [-0.4, -0.2) is 35.2 Å².